The van der Waals surface area contributed by atoms with E-state index in [0.717, 1.165) is 0 Å². The van der Waals surface area contributed by atoms with Crippen LogP contribution in [0, 0.1) is 0 Å². The summed E-state index contributed by atoms with van der Waals surface area (Å²) < 4.78 is 10.7. The van der Waals surface area contributed by atoms with Crippen LogP contribution in [0.5, 0.6) is 11.5 Å². The van der Waals surface area contributed by atoms with Crippen molar-refractivity contribution in [1.82, 2.24) is 0 Å². The molecule has 0 aliphatic carbocycles. The monoisotopic (exact) mass is 424 g/mol. The summed E-state index contributed by atoms with van der Waals surface area (Å²) in [6.07, 6.45) is -0.750. The molecule has 1 atom stereocenters. The van der Waals surface area contributed by atoms with Crippen molar-refractivity contribution >= 4 is 34.8 Å². The molecule has 0 radical (unpaired) electrons. The number of amides is 2. The van der Waals surface area contributed by atoms with Gasteiger partial charge in [-0.2, -0.15) is 0 Å². The van der Waals surface area contributed by atoms with Gasteiger partial charge in [0, 0.05) is 11.3 Å². The Bertz CT molecular complexity index is 1020. The highest BCUT2D eigenvalue weighted by Gasteiger charge is 2.17. The van der Waals surface area contributed by atoms with Crippen molar-refractivity contribution < 1.29 is 19.1 Å². The molecule has 0 fully saturated rings. The summed E-state index contributed by atoms with van der Waals surface area (Å²) in [7, 11) is 1.57. The van der Waals surface area contributed by atoms with Crippen LogP contribution >= 0.6 is 11.6 Å². The van der Waals surface area contributed by atoms with Gasteiger partial charge < -0.3 is 20.1 Å². The Labute approximate surface area is 179 Å². The first-order valence-electron chi connectivity index (χ1n) is 9.24. The van der Waals surface area contributed by atoms with Gasteiger partial charge in [-0.1, -0.05) is 29.8 Å². The molecule has 0 saturated heterocycles. The van der Waals surface area contributed by atoms with Crippen LogP contribution in [0.3, 0.4) is 0 Å². The molecule has 6 nitrogen and oxygen atoms in total. The Morgan fingerprint density at radius 1 is 0.900 bits per heavy atom. The number of anilines is 2. The fourth-order valence-corrected chi connectivity index (χ4v) is 2.80. The maximum atomic E-state index is 12.6. The second-order valence-electron chi connectivity index (χ2n) is 6.44. The first-order chi connectivity index (χ1) is 14.5. The Kier molecular flexibility index (Phi) is 6.93. The molecule has 2 N–H and O–H groups in total. The van der Waals surface area contributed by atoms with E-state index in [2.05, 4.69) is 10.6 Å². The van der Waals surface area contributed by atoms with E-state index in [1.54, 1.807) is 62.6 Å². The maximum Gasteiger partial charge on any atom is 0.265 e. The molecule has 0 saturated carbocycles. The molecule has 0 spiro atoms. The Balaban J connectivity index is 1.67. The van der Waals surface area contributed by atoms with Crippen LogP contribution in [0.25, 0.3) is 0 Å². The first-order valence-corrected chi connectivity index (χ1v) is 9.61. The third-order valence-corrected chi connectivity index (χ3v) is 4.59. The molecular formula is C23H21ClN2O4. The lowest BCUT2D eigenvalue weighted by atomic mass is 10.1. The molecule has 30 heavy (non-hydrogen) atoms. The number of halogens is 1. The quantitative estimate of drug-likeness (QED) is 0.559. The fourth-order valence-electron chi connectivity index (χ4n) is 2.63. The van der Waals surface area contributed by atoms with Gasteiger partial charge in [-0.05, 0) is 61.5 Å². The highest BCUT2D eigenvalue weighted by atomic mass is 35.5. The van der Waals surface area contributed by atoms with Crippen molar-refractivity contribution in [2.75, 3.05) is 17.7 Å². The summed E-state index contributed by atoms with van der Waals surface area (Å²) in [5, 5.41) is 5.82. The average molecular weight is 425 g/mol. The third-order valence-electron chi connectivity index (χ3n) is 4.26. The lowest BCUT2D eigenvalue weighted by Crippen LogP contribution is -2.30. The maximum absolute atomic E-state index is 12.6. The van der Waals surface area contributed by atoms with E-state index >= 15 is 0 Å². The summed E-state index contributed by atoms with van der Waals surface area (Å²) in [4.78, 5) is 25.1. The van der Waals surface area contributed by atoms with Crippen LogP contribution in [-0.2, 0) is 4.79 Å². The molecule has 0 heterocycles. The minimum absolute atomic E-state index is 0.316. The average Bonchev–Trinajstić information content (AvgIpc) is 2.76. The molecule has 0 aromatic heterocycles. The first kappa shape index (κ1) is 21.2. The van der Waals surface area contributed by atoms with Gasteiger partial charge in [0.25, 0.3) is 11.8 Å². The minimum atomic E-state index is -0.750. The molecule has 2 amide bonds. The van der Waals surface area contributed by atoms with Crippen LogP contribution in [0.15, 0.2) is 72.8 Å². The van der Waals surface area contributed by atoms with Gasteiger partial charge >= 0.3 is 0 Å². The summed E-state index contributed by atoms with van der Waals surface area (Å²) in [6, 6.07) is 20.7. The number of hydrogen-bond acceptors (Lipinski definition) is 4. The molecule has 7 heteroatoms. The standard InChI is InChI=1S/C23H21ClN2O4/c1-15(30-19-6-4-3-5-7-19)22(27)26-21-14-16(8-13-20(21)24)23(28)25-17-9-11-18(29-2)12-10-17/h3-15H,1-2H3,(H,25,28)(H,26,27)/t15-/m1/s1. The van der Waals surface area contributed by atoms with Crippen LogP contribution in [0.4, 0.5) is 11.4 Å². The van der Waals surface area contributed by atoms with Crippen molar-refractivity contribution in [2.45, 2.75) is 13.0 Å². The van der Waals surface area contributed by atoms with Crippen molar-refractivity contribution in [3.05, 3.63) is 83.4 Å². The lowest BCUT2D eigenvalue weighted by molar-refractivity contribution is -0.122. The zero-order valence-electron chi connectivity index (χ0n) is 16.5. The van der Waals surface area contributed by atoms with E-state index in [4.69, 9.17) is 21.1 Å². The zero-order valence-corrected chi connectivity index (χ0v) is 17.3. The number of methoxy groups -OCH3 is 1. The Morgan fingerprint density at radius 2 is 1.60 bits per heavy atom. The number of nitrogens with one attached hydrogen (secondary N) is 2. The predicted octanol–water partition coefficient (Wildman–Crippen LogP) is 5.01. The molecule has 3 aromatic rings. The van der Waals surface area contributed by atoms with E-state index in [-0.39, 0.29) is 11.8 Å². The number of carbonyl (C=O) groups is 2. The van der Waals surface area contributed by atoms with Crippen LogP contribution in [0.1, 0.15) is 17.3 Å². The molecule has 0 unspecified atom stereocenters. The third kappa shape index (κ3) is 5.52. The zero-order chi connectivity index (χ0) is 21.5. The fraction of sp³-hybridized carbons (Fsp3) is 0.130. The molecule has 3 aromatic carbocycles. The molecule has 3 rings (SSSR count). The minimum Gasteiger partial charge on any atom is -0.497 e. The van der Waals surface area contributed by atoms with Crippen molar-refractivity contribution in [3.8, 4) is 11.5 Å². The topological polar surface area (TPSA) is 76.7 Å². The van der Waals surface area contributed by atoms with Crippen molar-refractivity contribution in [1.29, 1.82) is 0 Å². The Hall–Kier alpha value is -3.51. The largest absolute Gasteiger partial charge is 0.497 e. The number of para-hydroxylation sites is 1. The molecule has 0 bridgehead atoms. The van der Waals surface area contributed by atoms with Gasteiger partial charge in [0.05, 0.1) is 17.8 Å². The van der Waals surface area contributed by atoms with Gasteiger partial charge in [-0.15, -0.1) is 0 Å². The van der Waals surface area contributed by atoms with Crippen molar-refractivity contribution in [3.63, 3.8) is 0 Å². The smallest absolute Gasteiger partial charge is 0.265 e. The van der Waals surface area contributed by atoms with Gasteiger partial charge in [-0.25, -0.2) is 0 Å². The summed E-state index contributed by atoms with van der Waals surface area (Å²) in [5.41, 5.74) is 1.29. The van der Waals surface area contributed by atoms with Crippen LogP contribution in [0.2, 0.25) is 5.02 Å². The summed E-state index contributed by atoms with van der Waals surface area (Å²) in [5.74, 6) is 0.560. The second kappa shape index (κ2) is 9.80. The van der Waals surface area contributed by atoms with Gasteiger partial charge in [0.2, 0.25) is 0 Å². The van der Waals surface area contributed by atoms with E-state index in [0.29, 0.717) is 33.5 Å². The molecular weight excluding hydrogens is 404 g/mol. The highest BCUT2D eigenvalue weighted by Crippen LogP contribution is 2.25. The Morgan fingerprint density at radius 3 is 2.27 bits per heavy atom. The normalized spacial score (nSPS) is 11.3. The summed E-state index contributed by atoms with van der Waals surface area (Å²) in [6.45, 7) is 1.64. The van der Waals surface area contributed by atoms with Gasteiger partial charge in [-0.3, -0.25) is 9.59 Å². The molecule has 0 aliphatic rings. The molecule has 154 valence electrons. The van der Waals surface area contributed by atoms with Crippen molar-refractivity contribution in [2.24, 2.45) is 0 Å². The van der Waals surface area contributed by atoms with E-state index < -0.39 is 6.10 Å². The number of carbonyl (C=O) groups excluding carboxylic acids is 2. The highest BCUT2D eigenvalue weighted by molar-refractivity contribution is 6.34. The number of ether oxygens (including phenoxy) is 2. The summed E-state index contributed by atoms with van der Waals surface area (Å²) >= 11 is 6.20. The van der Waals surface area contributed by atoms with Crippen LogP contribution in [-0.4, -0.2) is 25.0 Å². The van der Waals surface area contributed by atoms with E-state index in [1.807, 2.05) is 18.2 Å². The molecule has 0 aliphatic heterocycles. The van der Waals surface area contributed by atoms with Crippen LogP contribution < -0.4 is 20.1 Å². The van der Waals surface area contributed by atoms with Gasteiger partial charge in [0.1, 0.15) is 11.5 Å². The van der Waals surface area contributed by atoms with Gasteiger partial charge in [0.15, 0.2) is 6.10 Å². The van der Waals surface area contributed by atoms with E-state index in [9.17, 15) is 9.59 Å². The number of hydrogen-bond donors (Lipinski definition) is 2. The number of benzene rings is 3. The number of rotatable bonds is 7. The lowest BCUT2D eigenvalue weighted by Gasteiger charge is -2.16. The van der Waals surface area contributed by atoms with E-state index in [1.165, 1.54) is 6.07 Å². The SMILES string of the molecule is COc1ccc(NC(=O)c2ccc(Cl)c(NC(=O)[C@@H](C)Oc3ccccc3)c2)cc1. The second-order valence-corrected chi connectivity index (χ2v) is 6.85. The predicted molar refractivity (Wildman–Crippen MR) is 118 cm³/mol.